The first-order valence-corrected chi connectivity index (χ1v) is 14.1. The van der Waals surface area contributed by atoms with Crippen LogP contribution in [0.3, 0.4) is 0 Å². The van der Waals surface area contributed by atoms with Crippen molar-refractivity contribution in [3.05, 3.63) is 106 Å². The van der Waals surface area contributed by atoms with E-state index in [1.165, 1.54) is 51.9 Å². The lowest BCUT2D eigenvalue weighted by Crippen LogP contribution is -2.06. The maximum Gasteiger partial charge on any atom is 0.308 e. The summed E-state index contributed by atoms with van der Waals surface area (Å²) in [5.41, 5.74) is 2.45. The largest absolute Gasteiger partial charge is 0.508 e. The molecule has 0 atom stereocenters. The molecule has 240 valence electrons. The minimum atomic E-state index is -0.441. The fraction of sp³-hybridized carbons (Fsp3) is 0.139. The molecular formula is C36H30O11. The number of ether oxygens (including phenoxy) is 5. The molecule has 0 unspecified atom stereocenters. The van der Waals surface area contributed by atoms with Gasteiger partial charge in [-0.15, -0.1) is 0 Å². The minimum Gasteiger partial charge on any atom is -0.508 e. The molecule has 11 nitrogen and oxygen atoms in total. The Bertz CT molecular complexity index is 2210. The van der Waals surface area contributed by atoms with Crippen LogP contribution in [0.2, 0.25) is 0 Å². The van der Waals surface area contributed by atoms with Gasteiger partial charge in [0.05, 0.1) is 50.3 Å². The van der Waals surface area contributed by atoms with Crippen LogP contribution < -0.4 is 34.5 Å². The van der Waals surface area contributed by atoms with E-state index in [0.717, 1.165) is 0 Å². The molecule has 1 N–H and O–H groups in total. The summed E-state index contributed by atoms with van der Waals surface area (Å²) in [7, 11) is 6.16. The Morgan fingerprint density at radius 3 is 1.53 bits per heavy atom. The van der Waals surface area contributed by atoms with Gasteiger partial charge in [-0.3, -0.25) is 14.4 Å². The number of aromatic hydroxyl groups is 1. The molecule has 6 aromatic rings. The molecule has 6 rings (SSSR count). The highest BCUT2D eigenvalue weighted by Crippen LogP contribution is 2.33. The van der Waals surface area contributed by atoms with Crippen molar-refractivity contribution >= 4 is 27.9 Å². The quantitative estimate of drug-likeness (QED) is 0.149. The van der Waals surface area contributed by atoms with E-state index in [-0.39, 0.29) is 16.6 Å². The second-order valence-corrected chi connectivity index (χ2v) is 10.0. The molecule has 0 bridgehead atoms. The van der Waals surface area contributed by atoms with Gasteiger partial charge in [0.2, 0.25) is 0 Å². The summed E-state index contributed by atoms with van der Waals surface area (Å²) in [6.45, 7) is 1.31. The van der Waals surface area contributed by atoms with E-state index in [9.17, 15) is 19.5 Å². The van der Waals surface area contributed by atoms with Gasteiger partial charge in [0.15, 0.2) is 33.9 Å². The molecule has 47 heavy (non-hydrogen) atoms. The number of benzene rings is 4. The predicted molar refractivity (Wildman–Crippen MR) is 175 cm³/mol. The van der Waals surface area contributed by atoms with Crippen molar-refractivity contribution in [2.75, 3.05) is 28.4 Å². The fourth-order valence-corrected chi connectivity index (χ4v) is 4.86. The second kappa shape index (κ2) is 13.8. The van der Waals surface area contributed by atoms with E-state index in [1.807, 2.05) is 0 Å². The van der Waals surface area contributed by atoms with E-state index in [1.54, 1.807) is 68.8 Å². The van der Waals surface area contributed by atoms with Crippen LogP contribution in [0.4, 0.5) is 0 Å². The summed E-state index contributed by atoms with van der Waals surface area (Å²) in [5, 5.41) is 10.2. The molecule has 4 aromatic carbocycles. The molecule has 0 saturated carbocycles. The van der Waals surface area contributed by atoms with Gasteiger partial charge in [-0.05, 0) is 59.7 Å². The zero-order valence-corrected chi connectivity index (χ0v) is 26.1. The first-order valence-electron chi connectivity index (χ1n) is 14.1. The molecule has 0 aliphatic carbocycles. The van der Waals surface area contributed by atoms with Crippen LogP contribution in [0, 0.1) is 0 Å². The van der Waals surface area contributed by atoms with Gasteiger partial charge in [0.25, 0.3) is 0 Å². The summed E-state index contributed by atoms with van der Waals surface area (Å²) in [5.74, 6) is 2.14. The van der Waals surface area contributed by atoms with Crippen LogP contribution in [0.1, 0.15) is 6.92 Å². The topological polar surface area (TPSA) is 144 Å². The Kier molecular flexibility index (Phi) is 9.46. The van der Waals surface area contributed by atoms with Gasteiger partial charge in [0, 0.05) is 19.1 Å². The minimum absolute atomic E-state index is 0.0505. The van der Waals surface area contributed by atoms with E-state index in [0.29, 0.717) is 72.9 Å². The third kappa shape index (κ3) is 6.74. The lowest BCUT2D eigenvalue weighted by atomic mass is 10.0. The van der Waals surface area contributed by atoms with E-state index >= 15 is 0 Å². The third-order valence-electron chi connectivity index (χ3n) is 7.15. The van der Waals surface area contributed by atoms with E-state index < -0.39 is 5.97 Å². The zero-order chi connectivity index (χ0) is 33.7. The number of fused-ring (bicyclic) bond motifs is 2. The number of hydrogen-bond donors (Lipinski definition) is 1. The smallest absolute Gasteiger partial charge is 0.308 e. The number of methoxy groups -OCH3 is 4. The molecule has 0 aliphatic rings. The third-order valence-corrected chi connectivity index (χ3v) is 7.15. The number of phenolic OH excluding ortho intramolecular Hbond substituents is 1. The lowest BCUT2D eigenvalue weighted by Gasteiger charge is -2.09. The van der Waals surface area contributed by atoms with Gasteiger partial charge in [-0.25, -0.2) is 0 Å². The zero-order valence-electron chi connectivity index (χ0n) is 26.1. The summed E-state index contributed by atoms with van der Waals surface area (Å²) >= 11 is 0. The highest BCUT2D eigenvalue weighted by molar-refractivity contribution is 5.84. The molecular weight excluding hydrogens is 608 g/mol. The first kappa shape index (κ1) is 32.2. The summed E-state index contributed by atoms with van der Waals surface area (Å²) in [6.07, 6.45) is 2.76. The van der Waals surface area contributed by atoms with Gasteiger partial charge < -0.3 is 37.6 Å². The van der Waals surface area contributed by atoms with Crippen molar-refractivity contribution in [3.63, 3.8) is 0 Å². The monoisotopic (exact) mass is 638 g/mol. The lowest BCUT2D eigenvalue weighted by molar-refractivity contribution is -0.131. The molecule has 0 aliphatic heterocycles. The van der Waals surface area contributed by atoms with Crippen LogP contribution in [-0.4, -0.2) is 39.5 Å². The van der Waals surface area contributed by atoms with E-state index in [2.05, 4.69) is 0 Å². The average Bonchev–Trinajstić information content (AvgIpc) is 3.08. The number of carbonyl (C=O) groups excluding carboxylic acids is 1. The summed E-state index contributed by atoms with van der Waals surface area (Å²) < 4.78 is 36.9. The maximum atomic E-state index is 12.8. The number of esters is 1. The van der Waals surface area contributed by atoms with Gasteiger partial charge in [-0.1, -0.05) is 12.1 Å². The van der Waals surface area contributed by atoms with Crippen LogP contribution in [0.15, 0.2) is 104 Å². The van der Waals surface area contributed by atoms with Gasteiger partial charge in [-0.2, -0.15) is 0 Å². The predicted octanol–water partition coefficient (Wildman–Crippen LogP) is 6.59. The first-order chi connectivity index (χ1) is 22.7. The SMILES string of the molecule is COc1ccc(-c2coc3cc(O)ccc3c2=O)cc1OC.COc1ccc(-c2coc3cc(OC(C)=O)ccc3c2=O)cc1OC. The van der Waals surface area contributed by atoms with Crippen molar-refractivity contribution < 1.29 is 42.4 Å². The number of phenols is 1. The second-order valence-electron chi connectivity index (χ2n) is 10.0. The summed E-state index contributed by atoms with van der Waals surface area (Å²) in [4.78, 5) is 36.4. The molecule has 2 aromatic heterocycles. The number of carbonyl (C=O) groups is 1. The molecule has 0 radical (unpaired) electrons. The molecule has 0 amide bonds. The molecule has 11 heteroatoms. The van der Waals surface area contributed by atoms with Crippen molar-refractivity contribution in [2.45, 2.75) is 6.92 Å². The highest BCUT2D eigenvalue weighted by atomic mass is 16.5. The van der Waals surface area contributed by atoms with Crippen molar-refractivity contribution in [2.24, 2.45) is 0 Å². The van der Waals surface area contributed by atoms with Crippen LogP contribution in [-0.2, 0) is 4.79 Å². The van der Waals surface area contributed by atoms with E-state index in [4.69, 9.17) is 32.5 Å². The Morgan fingerprint density at radius 1 is 0.596 bits per heavy atom. The van der Waals surface area contributed by atoms with Crippen molar-refractivity contribution in [1.82, 2.24) is 0 Å². The van der Waals surface area contributed by atoms with Crippen molar-refractivity contribution in [1.29, 1.82) is 0 Å². The number of rotatable bonds is 7. The van der Waals surface area contributed by atoms with Crippen molar-refractivity contribution in [3.8, 4) is 56.8 Å². The molecule has 2 heterocycles. The van der Waals surface area contributed by atoms with Crippen LogP contribution in [0.5, 0.6) is 34.5 Å². The number of hydrogen-bond acceptors (Lipinski definition) is 11. The Morgan fingerprint density at radius 2 is 1.06 bits per heavy atom. The fourth-order valence-electron chi connectivity index (χ4n) is 4.86. The van der Waals surface area contributed by atoms with Crippen LogP contribution >= 0.6 is 0 Å². The Balaban J connectivity index is 0.000000186. The average molecular weight is 639 g/mol. The maximum absolute atomic E-state index is 12.8. The Labute approximate surface area is 268 Å². The Hall–Kier alpha value is -6.23. The standard InChI is InChI=1S/C19H16O6.C17H14O5/c1-11(20)25-13-5-6-14-17(9-13)24-10-15(19(14)21)12-4-7-16(22-2)18(8-12)23-3;1-20-14-6-3-10(7-16(14)21-2)13-9-22-15-8-11(18)4-5-12(15)17(13)19/h4-10H,1-3H3;3-9,18H,1-2H3. The normalized spacial score (nSPS) is 10.6. The summed E-state index contributed by atoms with van der Waals surface area (Å²) in [6, 6.07) is 19.5. The molecule has 0 saturated heterocycles. The van der Waals surface area contributed by atoms with Gasteiger partial charge >= 0.3 is 5.97 Å². The molecule has 0 spiro atoms. The highest BCUT2D eigenvalue weighted by Gasteiger charge is 2.14. The van der Waals surface area contributed by atoms with Gasteiger partial charge in [0.1, 0.15) is 35.2 Å². The van der Waals surface area contributed by atoms with Crippen LogP contribution in [0.25, 0.3) is 44.2 Å². The molecule has 0 fully saturated rings.